The highest BCUT2D eigenvalue weighted by atomic mass is 35.5. The smallest absolute Gasteiger partial charge is 0.169 e. The SMILES string of the molecule is CC(C)(Cl)C(Cl)C(O)O. The molecule has 0 amide bonds. The summed E-state index contributed by atoms with van der Waals surface area (Å²) < 4.78 is 0. The first-order valence-electron chi connectivity index (χ1n) is 2.55. The number of hydrogen-bond donors (Lipinski definition) is 2. The molecule has 2 N–H and O–H groups in total. The first kappa shape index (κ1) is 9.50. The summed E-state index contributed by atoms with van der Waals surface area (Å²) in [5.74, 6) is 0. The second kappa shape index (κ2) is 3.06. The van der Waals surface area contributed by atoms with Crippen LogP contribution in [0.1, 0.15) is 13.8 Å². The molecule has 0 aliphatic rings. The predicted octanol–water partition coefficient (Wildman–Crippen LogP) is 0.922. The molecular weight excluding hydrogens is 163 g/mol. The fraction of sp³-hybridized carbons (Fsp3) is 1.00. The molecule has 1 unspecified atom stereocenters. The second-order valence-corrected chi connectivity index (χ2v) is 3.82. The van der Waals surface area contributed by atoms with Crippen molar-refractivity contribution in [1.82, 2.24) is 0 Å². The van der Waals surface area contributed by atoms with Crippen LogP contribution in [0.2, 0.25) is 0 Å². The van der Waals surface area contributed by atoms with Gasteiger partial charge in [0, 0.05) is 0 Å². The molecule has 0 aromatic rings. The highest BCUT2D eigenvalue weighted by Gasteiger charge is 2.30. The molecule has 0 spiro atoms. The third kappa shape index (κ3) is 3.26. The average molecular weight is 173 g/mol. The van der Waals surface area contributed by atoms with Gasteiger partial charge < -0.3 is 10.2 Å². The van der Waals surface area contributed by atoms with E-state index in [0.717, 1.165) is 0 Å². The van der Waals surface area contributed by atoms with E-state index in [1.54, 1.807) is 13.8 Å². The second-order valence-electron chi connectivity index (χ2n) is 2.38. The molecule has 0 fully saturated rings. The van der Waals surface area contributed by atoms with Gasteiger partial charge in [-0.3, -0.25) is 0 Å². The predicted molar refractivity (Wildman–Crippen MR) is 37.8 cm³/mol. The van der Waals surface area contributed by atoms with Gasteiger partial charge >= 0.3 is 0 Å². The number of hydrogen-bond acceptors (Lipinski definition) is 2. The van der Waals surface area contributed by atoms with E-state index in [4.69, 9.17) is 33.4 Å². The van der Waals surface area contributed by atoms with E-state index in [2.05, 4.69) is 0 Å². The lowest BCUT2D eigenvalue weighted by Crippen LogP contribution is -2.35. The number of halogens is 2. The average Bonchev–Trinajstić information content (AvgIpc) is 1.62. The largest absolute Gasteiger partial charge is 0.367 e. The lowest BCUT2D eigenvalue weighted by Gasteiger charge is -2.23. The zero-order valence-electron chi connectivity index (χ0n) is 5.31. The van der Waals surface area contributed by atoms with Crippen molar-refractivity contribution in [2.24, 2.45) is 0 Å². The maximum absolute atomic E-state index is 8.50. The molecule has 2 nitrogen and oxygen atoms in total. The Hall–Kier alpha value is 0.500. The molecule has 56 valence electrons. The number of alkyl halides is 2. The van der Waals surface area contributed by atoms with Crippen LogP contribution in [-0.4, -0.2) is 26.8 Å². The molecule has 0 aromatic carbocycles. The van der Waals surface area contributed by atoms with Crippen LogP contribution in [0.3, 0.4) is 0 Å². The molecule has 9 heavy (non-hydrogen) atoms. The minimum Gasteiger partial charge on any atom is -0.367 e. The summed E-state index contributed by atoms with van der Waals surface area (Å²) in [5.41, 5.74) is 0. The number of aliphatic hydroxyl groups is 2. The van der Waals surface area contributed by atoms with E-state index in [1.165, 1.54) is 0 Å². The summed E-state index contributed by atoms with van der Waals surface area (Å²) in [5, 5.41) is 16.2. The van der Waals surface area contributed by atoms with E-state index < -0.39 is 16.5 Å². The van der Waals surface area contributed by atoms with Crippen LogP contribution < -0.4 is 0 Å². The summed E-state index contributed by atoms with van der Waals surface area (Å²) in [6.45, 7) is 3.23. The van der Waals surface area contributed by atoms with Gasteiger partial charge in [0.1, 0.15) is 5.38 Å². The minimum absolute atomic E-state index is 0.782. The van der Waals surface area contributed by atoms with Gasteiger partial charge in [0.25, 0.3) is 0 Å². The molecular formula is C5H10Cl2O2. The molecule has 0 heterocycles. The van der Waals surface area contributed by atoms with Gasteiger partial charge in [-0.2, -0.15) is 0 Å². The quantitative estimate of drug-likeness (QED) is 0.481. The Morgan fingerprint density at radius 2 is 1.67 bits per heavy atom. The maximum atomic E-state index is 8.50. The Kier molecular flexibility index (Phi) is 3.23. The van der Waals surface area contributed by atoms with Gasteiger partial charge in [-0.15, -0.1) is 23.2 Å². The Balaban J connectivity index is 3.88. The van der Waals surface area contributed by atoms with Crippen LogP contribution in [0.5, 0.6) is 0 Å². The Bertz CT molecular complexity index is 87.4. The molecule has 0 aliphatic carbocycles. The van der Waals surface area contributed by atoms with Gasteiger partial charge in [-0.1, -0.05) is 0 Å². The van der Waals surface area contributed by atoms with E-state index in [-0.39, 0.29) is 0 Å². The van der Waals surface area contributed by atoms with Gasteiger partial charge in [0.2, 0.25) is 0 Å². The van der Waals surface area contributed by atoms with Crippen molar-refractivity contribution in [3.05, 3.63) is 0 Å². The van der Waals surface area contributed by atoms with Crippen molar-refractivity contribution in [2.45, 2.75) is 30.4 Å². The molecule has 0 radical (unpaired) electrons. The van der Waals surface area contributed by atoms with Crippen molar-refractivity contribution < 1.29 is 10.2 Å². The van der Waals surface area contributed by atoms with Crippen LogP contribution >= 0.6 is 23.2 Å². The van der Waals surface area contributed by atoms with E-state index in [9.17, 15) is 0 Å². The monoisotopic (exact) mass is 172 g/mol. The summed E-state index contributed by atoms with van der Waals surface area (Å²) >= 11 is 11.1. The topological polar surface area (TPSA) is 40.5 Å². The lowest BCUT2D eigenvalue weighted by atomic mass is 10.1. The number of aliphatic hydroxyl groups excluding tert-OH is 1. The standard InChI is InChI=1S/C5H10Cl2O2/c1-5(2,7)3(6)4(8)9/h3-4,8-9H,1-2H3. The molecule has 0 bridgehead atoms. The van der Waals surface area contributed by atoms with Crippen molar-refractivity contribution in [3.63, 3.8) is 0 Å². The Morgan fingerprint density at radius 3 is 1.67 bits per heavy atom. The fourth-order valence-corrected chi connectivity index (χ4v) is 0.467. The van der Waals surface area contributed by atoms with Crippen molar-refractivity contribution in [3.8, 4) is 0 Å². The minimum atomic E-state index is -1.56. The van der Waals surface area contributed by atoms with Crippen LogP contribution in [-0.2, 0) is 0 Å². The molecule has 0 saturated carbocycles. The number of rotatable bonds is 2. The third-order valence-electron chi connectivity index (χ3n) is 0.918. The van der Waals surface area contributed by atoms with Gasteiger partial charge in [0.15, 0.2) is 6.29 Å². The first-order chi connectivity index (χ1) is 3.85. The molecule has 0 aromatic heterocycles. The van der Waals surface area contributed by atoms with E-state index in [1.807, 2.05) is 0 Å². The van der Waals surface area contributed by atoms with Gasteiger partial charge in [-0.25, -0.2) is 0 Å². The summed E-state index contributed by atoms with van der Waals surface area (Å²) in [7, 11) is 0. The lowest BCUT2D eigenvalue weighted by molar-refractivity contribution is -0.0468. The summed E-state index contributed by atoms with van der Waals surface area (Å²) in [6, 6.07) is 0. The van der Waals surface area contributed by atoms with Crippen LogP contribution in [0.25, 0.3) is 0 Å². The third-order valence-corrected chi connectivity index (χ3v) is 2.04. The van der Waals surface area contributed by atoms with Crippen LogP contribution in [0.15, 0.2) is 0 Å². The Labute approximate surface area is 64.4 Å². The Morgan fingerprint density at radius 1 is 1.33 bits per heavy atom. The van der Waals surface area contributed by atoms with Crippen molar-refractivity contribution in [2.75, 3.05) is 0 Å². The van der Waals surface area contributed by atoms with Crippen molar-refractivity contribution >= 4 is 23.2 Å². The molecule has 0 aliphatic heterocycles. The normalized spacial score (nSPS) is 16.3. The summed E-state index contributed by atoms with van der Waals surface area (Å²) in [4.78, 5) is -0.782. The zero-order chi connectivity index (χ0) is 7.65. The maximum Gasteiger partial charge on any atom is 0.169 e. The van der Waals surface area contributed by atoms with Gasteiger partial charge in [0.05, 0.1) is 4.87 Å². The molecule has 0 rings (SSSR count). The van der Waals surface area contributed by atoms with Gasteiger partial charge in [-0.05, 0) is 13.8 Å². The fourth-order valence-electron chi connectivity index (χ4n) is 0.354. The first-order valence-corrected chi connectivity index (χ1v) is 3.36. The molecule has 1 atom stereocenters. The van der Waals surface area contributed by atoms with Crippen molar-refractivity contribution in [1.29, 1.82) is 0 Å². The molecule has 0 saturated heterocycles. The summed E-state index contributed by atoms with van der Waals surface area (Å²) in [6.07, 6.45) is -1.56. The van der Waals surface area contributed by atoms with Crippen LogP contribution in [0.4, 0.5) is 0 Å². The highest BCUT2D eigenvalue weighted by molar-refractivity contribution is 6.32. The highest BCUT2D eigenvalue weighted by Crippen LogP contribution is 2.24. The van der Waals surface area contributed by atoms with E-state index in [0.29, 0.717) is 0 Å². The zero-order valence-corrected chi connectivity index (χ0v) is 6.82. The van der Waals surface area contributed by atoms with Crippen LogP contribution in [0, 0.1) is 0 Å². The van der Waals surface area contributed by atoms with E-state index >= 15 is 0 Å². The molecule has 4 heteroatoms.